The monoisotopic (exact) mass is 479 g/mol. The molecule has 1 saturated heterocycles. The molecule has 1 aliphatic rings. The topological polar surface area (TPSA) is 102 Å². The molecule has 3 aromatic rings. The molecule has 0 spiro atoms. The predicted octanol–water partition coefficient (Wildman–Crippen LogP) is 3.81. The number of carbonyl (C=O) groups is 1. The summed E-state index contributed by atoms with van der Waals surface area (Å²) >= 11 is 0. The Labute approximate surface area is 194 Å². The van der Waals surface area contributed by atoms with E-state index in [1.54, 1.807) is 6.07 Å². The van der Waals surface area contributed by atoms with Gasteiger partial charge in [-0.2, -0.15) is 0 Å². The van der Waals surface area contributed by atoms with Crippen molar-refractivity contribution in [1.82, 2.24) is 15.3 Å². The fourth-order valence-corrected chi connectivity index (χ4v) is 3.43. The number of benzene rings is 1. The van der Waals surface area contributed by atoms with Crippen molar-refractivity contribution in [2.24, 2.45) is 5.92 Å². The minimum absolute atomic E-state index is 0. The van der Waals surface area contributed by atoms with Crippen LogP contribution in [0.4, 0.5) is 24.5 Å². The Morgan fingerprint density at radius 1 is 1.21 bits per heavy atom. The van der Waals surface area contributed by atoms with Gasteiger partial charge in [0.15, 0.2) is 11.5 Å². The molecule has 33 heavy (non-hydrogen) atoms. The maximum atomic E-state index is 14.4. The van der Waals surface area contributed by atoms with Gasteiger partial charge >= 0.3 is 0 Å². The highest BCUT2D eigenvalue weighted by atomic mass is 35.5. The average Bonchev–Trinajstić information content (AvgIpc) is 3.28. The Kier molecular flexibility index (Phi) is 7.72. The minimum Gasteiger partial charge on any atom is -0.491 e. The molecule has 1 aliphatic heterocycles. The fourth-order valence-electron chi connectivity index (χ4n) is 3.43. The van der Waals surface area contributed by atoms with E-state index in [0.29, 0.717) is 18.3 Å². The zero-order valence-electron chi connectivity index (χ0n) is 17.3. The maximum Gasteiger partial charge on any atom is 0.276 e. The lowest BCUT2D eigenvalue weighted by molar-refractivity contribution is 0.102. The highest BCUT2D eigenvalue weighted by Crippen LogP contribution is 2.30. The highest BCUT2D eigenvalue weighted by Gasteiger charge is 2.23. The van der Waals surface area contributed by atoms with Crippen LogP contribution >= 0.6 is 12.4 Å². The zero-order chi connectivity index (χ0) is 22.7. The number of hydrogen-bond donors (Lipinski definition) is 3. The third-order valence-electron chi connectivity index (χ3n) is 5.09. The first kappa shape index (κ1) is 24.3. The second-order valence-electron chi connectivity index (χ2n) is 7.35. The van der Waals surface area contributed by atoms with E-state index in [0.717, 1.165) is 43.8 Å². The van der Waals surface area contributed by atoms with Gasteiger partial charge in [0, 0.05) is 30.8 Å². The van der Waals surface area contributed by atoms with Crippen LogP contribution in [-0.4, -0.2) is 35.6 Å². The minimum atomic E-state index is -1.06. The van der Waals surface area contributed by atoms with E-state index in [1.165, 1.54) is 12.4 Å². The lowest BCUT2D eigenvalue weighted by Crippen LogP contribution is -2.19. The Morgan fingerprint density at radius 3 is 2.67 bits per heavy atom. The molecule has 3 heterocycles. The Bertz CT molecular complexity index is 1140. The summed E-state index contributed by atoms with van der Waals surface area (Å²) < 4.78 is 48.6. The van der Waals surface area contributed by atoms with Gasteiger partial charge in [-0.05, 0) is 25.1 Å². The van der Waals surface area contributed by atoms with Crippen LogP contribution in [0.1, 0.15) is 16.9 Å². The molecule has 0 radical (unpaired) electrons. The van der Waals surface area contributed by atoms with E-state index in [9.17, 15) is 18.0 Å². The molecule has 4 rings (SSSR count). The molecule has 1 unspecified atom stereocenters. The predicted molar refractivity (Wildman–Crippen MR) is 120 cm³/mol. The highest BCUT2D eigenvalue weighted by molar-refractivity contribution is 6.07. The Morgan fingerprint density at radius 2 is 1.97 bits per heavy atom. The van der Waals surface area contributed by atoms with Crippen LogP contribution in [0, 0.1) is 23.4 Å². The van der Waals surface area contributed by atoms with Crippen LogP contribution in [-0.2, 0) is 0 Å². The number of nitrogen functional groups attached to an aromatic ring is 1. The fraction of sp³-hybridized carbons (Fsp3) is 0.227. The van der Waals surface area contributed by atoms with Crippen molar-refractivity contribution in [3.63, 3.8) is 0 Å². The van der Waals surface area contributed by atoms with Crippen LogP contribution in [0.3, 0.4) is 0 Å². The van der Waals surface area contributed by atoms with Gasteiger partial charge in [-0.1, -0.05) is 6.07 Å². The number of nitrogens with two attached hydrogens (primary N) is 1. The van der Waals surface area contributed by atoms with Gasteiger partial charge in [0.2, 0.25) is 0 Å². The van der Waals surface area contributed by atoms with Gasteiger partial charge in [-0.3, -0.25) is 9.78 Å². The number of anilines is 2. The first-order valence-corrected chi connectivity index (χ1v) is 9.93. The van der Waals surface area contributed by atoms with E-state index in [2.05, 4.69) is 20.6 Å². The summed E-state index contributed by atoms with van der Waals surface area (Å²) in [6.45, 7) is 2.22. The summed E-state index contributed by atoms with van der Waals surface area (Å²) in [4.78, 5) is 20.7. The number of hydrogen-bond acceptors (Lipinski definition) is 6. The van der Waals surface area contributed by atoms with E-state index in [4.69, 9.17) is 10.5 Å². The van der Waals surface area contributed by atoms with Gasteiger partial charge in [-0.15, -0.1) is 12.4 Å². The van der Waals surface area contributed by atoms with E-state index < -0.39 is 34.6 Å². The smallest absolute Gasteiger partial charge is 0.276 e. The Balaban J connectivity index is 0.00000306. The van der Waals surface area contributed by atoms with E-state index in [-0.39, 0.29) is 29.5 Å². The van der Waals surface area contributed by atoms with Crippen molar-refractivity contribution >= 4 is 29.7 Å². The van der Waals surface area contributed by atoms with Crippen LogP contribution in [0.15, 0.2) is 42.7 Å². The normalized spacial score (nSPS) is 15.1. The summed E-state index contributed by atoms with van der Waals surface area (Å²) in [6.07, 6.45) is 3.89. The van der Waals surface area contributed by atoms with Crippen molar-refractivity contribution in [3.05, 3.63) is 65.9 Å². The molecule has 1 amide bonds. The van der Waals surface area contributed by atoms with Crippen LogP contribution in [0.25, 0.3) is 11.3 Å². The standard InChI is InChI=1S/C22H20F3N5O2.ClH/c23-13-2-1-3-14(24)19(13)20-15(25)8-16(26)21(30-20)22(31)29-17-10-28-7-5-18(17)32-11-12-4-6-27-9-12;/h1-3,5,7-8,10,12,27H,4,6,9,11,26H2,(H,29,31);1H. The number of carbonyl (C=O) groups excluding carboxylic acids is 1. The molecule has 0 aliphatic carbocycles. The van der Waals surface area contributed by atoms with Gasteiger partial charge in [0.05, 0.1) is 24.1 Å². The summed E-state index contributed by atoms with van der Waals surface area (Å²) in [5, 5.41) is 5.82. The second kappa shape index (κ2) is 10.5. The summed E-state index contributed by atoms with van der Waals surface area (Å²) in [5.41, 5.74) is 4.01. The number of nitrogens with zero attached hydrogens (tertiary/aromatic N) is 2. The molecule has 7 nitrogen and oxygen atoms in total. The molecule has 1 aromatic carbocycles. The Hall–Kier alpha value is -3.37. The molecule has 1 atom stereocenters. The van der Waals surface area contributed by atoms with Crippen molar-refractivity contribution in [2.45, 2.75) is 6.42 Å². The number of ether oxygens (including phenoxy) is 1. The maximum absolute atomic E-state index is 14.4. The average molecular weight is 480 g/mol. The van der Waals surface area contributed by atoms with E-state index in [1.807, 2.05) is 0 Å². The molecule has 2 aromatic heterocycles. The first-order valence-electron chi connectivity index (χ1n) is 9.93. The molecule has 11 heteroatoms. The lowest BCUT2D eigenvalue weighted by atomic mass is 10.1. The zero-order valence-corrected chi connectivity index (χ0v) is 18.1. The first-order chi connectivity index (χ1) is 15.4. The van der Waals surface area contributed by atoms with Crippen LogP contribution in [0.5, 0.6) is 5.75 Å². The third kappa shape index (κ3) is 5.35. The van der Waals surface area contributed by atoms with Crippen molar-refractivity contribution < 1.29 is 22.7 Å². The molecule has 1 fully saturated rings. The lowest BCUT2D eigenvalue weighted by Gasteiger charge is -2.15. The third-order valence-corrected chi connectivity index (χ3v) is 5.09. The van der Waals surface area contributed by atoms with Crippen LogP contribution < -0.4 is 21.1 Å². The number of pyridine rings is 2. The largest absolute Gasteiger partial charge is 0.491 e. The number of rotatable bonds is 6. The molecular formula is C22H21ClF3N5O2. The number of halogens is 4. The van der Waals surface area contributed by atoms with Gasteiger partial charge in [0.1, 0.15) is 28.8 Å². The quantitative estimate of drug-likeness (QED) is 0.497. The number of aromatic nitrogens is 2. The summed E-state index contributed by atoms with van der Waals surface area (Å²) in [6, 6.07) is 5.47. The number of nitrogens with one attached hydrogen (secondary N) is 2. The SMILES string of the molecule is Cl.Nc1cc(F)c(-c2c(F)cccc2F)nc1C(=O)Nc1cnccc1OCC1CCNC1. The molecular weight excluding hydrogens is 459 g/mol. The van der Waals surface area contributed by atoms with Crippen molar-refractivity contribution in [3.8, 4) is 17.0 Å². The molecule has 0 saturated carbocycles. The van der Waals surface area contributed by atoms with Crippen molar-refractivity contribution in [2.75, 3.05) is 30.7 Å². The van der Waals surface area contributed by atoms with Gasteiger partial charge < -0.3 is 21.1 Å². The molecule has 0 bridgehead atoms. The summed E-state index contributed by atoms with van der Waals surface area (Å²) in [5.74, 6) is -3.16. The summed E-state index contributed by atoms with van der Waals surface area (Å²) in [7, 11) is 0. The molecule has 174 valence electrons. The second-order valence-corrected chi connectivity index (χ2v) is 7.35. The van der Waals surface area contributed by atoms with Crippen molar-refractivity contribution in [1.29, 1.82) is 0 Å². The van der Waals surface area contributed by atoms with Gasteiger partial charge in [-0.25, -0.2) is 18.2 Å². The van der Waals surface area contributed by atoms with E-state index >= 15 is 0 Å². The van der Waals surface area contributed by atoms with Crippen LogP contribution in [0.2, 0.25) is 0 Å². The number of amides is 1. The molecule has 4 N–H and O–H groups in total. The van der Waals surface area contributed by atoms with Gasteiger partial charge in [0.25, 0.3) is 5.91 Å².